The highest BCUT2D eigenvalue weighted by atomic mass is 16.5. The van der Waals surface area contributed by atoms with E-state index in [1.54, 1.807) is 6.08 Å². The van der Waals surface area contributed by atoms with Gasteiger partial charge in [0.05, 0.1) is 0 Å². The summed E-state index contributed by atoms with van der Waals surface area (Å²) in [7, 11) is 0. The molecule has 2 unspecified atom stereocenters. The molecule has 0 saturated heterocycles. The molecule has 4 aliphatic carbocycles. The van der Waals surface area contributed by atoms with Crippen molar-refractivity contribution in [1.82, 2.24) is 0 Å². The summed E-state index contributed by atoms with van der Waals surface area (Å²) < 4.78 is 5.62. The van der Waals surface area contributed by atoms with Gasteiger partial charge >= 0.3 is 0 Å². The molecule has 0 spiro atoms. The van der Waals surface area contributed by atoms with Gasteiger partial charge in [0.15, 0.2) is 11.6 Å². The van der Waals surface area contributed by atoms with Gasteiger partial charge in [0, 0.05) is 17.4 Å². The van der Waals surface area contributed by atoms with Crippen molar-refractivity contribution in [3.63, 3.8) is 0 Å². The van der Waals surface area contributed by atoms with Crippen LogP contribution in [0.2, 0.25) is 0 Å². The van der Waals surface area contributed by atoms with Crippen molar-refractivity contribution in [2.45, 2.75) is 71.8 Å². The van der Waals surface area contributed by atoms with Crippen molar-refractivity contribution in [3.8, 4) is 0 Å². The Morgan fingerprint density at radius 1 is 1.33 bits per heavy atom. The minimum Gasteiger partial charge on any atom is -0.381 e. The van der Waals surface area contributed by atoms with Crippen molar-refractivity contribution in [3.05, 3.63) is 35.5 Å². The van der Waals surface area contributed by atoms with E-state index >= 15 is 0 Å². The van der Waals surface area contributed by atoms with Gasteiger partial charge in [0.1, 0.15) is 12.2 Å². The number of hydrogen-bond donors (Lipinski definition) is 1. The molecule has 4 rings (SSSR count). The minimum absolute atomic E-state index is 0.000160. The van der Waals surface area contributed by atoms with Crippen molar-refractivity contribution < 1.29 is 19.4 Å². The summed E-state index contributed by atoms with van der Waals surface area (Å²) in [5.74, 6) is 0.449. The molecule has 0 radical (unpaired) electrons. The second-order valence-electron chi connectivity index (χ2n) is 10.4. The van der Waals surface area contributed by atoms with E-state index in [-0.39, 0.29) is 35.4 Å². The standard InChI is InChI=1S/C26H36O4/c1-5-6-13-30-16-23(28)26(29)17(2)14-22-20-8-7-18-15-19(27)9-11-24(18,3)21(20)10-12-25(22,26)4/h9-11,15,17,20,22,29H,5-8,12-14,16H2,1-4H3/t17-,20?,22?,24+,25+,26+/m1/s1. The Morgan fingerprint density at radius 3 is 2.83 bits per heavy atom. The number of Topliss-reactive ketones (excluding diaryl/α,β-unsaturated/α-hetero) is 1. The van der Waals surface area contributed by atoms with E-state index in [4.69, 9.17) is 4.74 Å². The van der Waals surface area contributed by atoms with Crippen molar-refractivity contribution in [1.29, 1.82) is 0 Å². The van der Waals surface area contributed by atoms with E-state index in [2.05, 4.69) is 32.9 Å². The maximum absolute atomic E-state index is 13.2. The van der Waals surface area contributed by atoms with Gasteiger partial charge in [-0.1, -0.05) is 50.5 Å². The number of ether oxygens (including phenoxy) is 1. The molecule has 0 amide bonds. The van der Waals surface area contributed by atoms with Gasteiger partial charge in [-0.25, -0.2) is 0 Å². The quantitative estimate of drug-likeness (QED) is 0.512. The van der Waals surface area contributed by atoms with Crippen molar-refractivity contribution >= 4 is 11.6 Å². The van der Waals surface area contributed by atoms with Gasteiger partial charge in [0.25, 0.3) is 0 Å². The lowest BCUT2D eigenvalue weighted by molar-refractivity contribution is -0.163. The number of unbranched alkanes of at least 4 members (excludes halogenated alkanes) is 1. The minimum atomic E-state index is -1.35. The van der Waals surface area contributed by atoms with Gasteiger partial charge in [-0.2, -0.15) is 0 Å². The average molecular weight is 413 g/mol. The first-order chi connectivity index (χ1) is 14.2. The van der Waals surface area contributed by atoms with Crippen LogP contribution in [-0.2, 0) is 14.3 Å². The molecule has 1 N–H and O–H groups in total. The molecule has 0 heterocycles. The van der Waals surface area contributed by atoms with Crippen LogP contribution in [0.4, 0.5) is 0 Å². The van der Waals surface area contributed by atoms with Crippen LogP contribution in [-0.4, -0.2) is 35.5 Å². The third-order valence-corrected chi connectivity index (χ3v) is 8.83. The zero-order valence-corrected chi connectivity index (χ0v) is 18.9. The predicted molar refractivity (Wildman–Crippen MR) is 117 cm³/mol. The summed E-state index contributed by atoms with van der Waals surface area (Å²) in [4.78, 5) is 25.2. The summed E-state index contributed by atoms with van der Waals surface area (Å²) >= 11 is 0. The largest absolute Gasteiger partial charge is 0.381 e. The van der Waals surface area contributed by atoms with Crippen LogP contribution in [0.25, 0.3) is 0 Å². The van der Waals surface area contributed by atoms with E-state index in [0.717, 1.165) is 32.1 Å². The first-order valence-electron chi connectivity index (χ1n) is 11.7. The average Bonchev–Trinajstić information content (AvgIpc) is 2.93. The molecule has 0 aromatic heterocycles. The lowest BCUT2D eigenvalue weighted by atomic mass is 9.51. The number of allylic oxidation sites excluding steroid dienone is 6. The molecule has 164 valence electrons. The highest BCUT2D eigenvalue weighted by molar-refractivity contribution is 6.01. The van der Waals surface area contributed by atoms with E-state index in [0.29, 0.717) is 18.9 Å². The Hall–Kier alpha value is -1.52. The Balaban J connectivity index is 1.64. The molecule has 2 saturated carbocycles. The molecule has 4 heteroatoms. The highest BCUT2D eigenvalue weighted by Gasteiger charge is 2.67. The molecule has 4 aliphatic rings. The molecule has 0 aromatic rings. The summed E-state index contributed by atoms with van der Waals surface area (Å²) in [5.41, 5.74) is 0.575. The zero-order chi connectivity index (χ0) is 21.7. The molecule has 0 aromatic carbocycles. The topological polar surface area (TPSA) is 63.6 Å². The number of carbonyl (C=O) groups excluding carboxylic acids is 2. The third kappa shape index (κ3) is 2.94. The normalized spacial score (nSPS) is 42.2. The van der Waals surface area contributed by atoms with E-state index in [1.807, 2.05) is 13.0 Å². The van der Waals surface area contributed by atoms with Crippen LogP contribution in [0.3, 0.4) is 0 Å². The molecular formula is C26H36O4. The van der Waals surface area contributed by atoms with E-state index in [9.17, 15) is 14.7 Å². The lowest BCUT2D eigenvalue weighted by Gasteiger charge is -2.53. The second-order valence-corrected chi connectivity index (χ2v) is 10.4. The first kappa shape index (κ1) is 21.7. The fourth-order valence-corrected chi connectivity index (χ4v) is 6.98. The fraction of sp³-hybridized carbons (Fsp3) is 0.692. The summed E-state index contributed by atoms with van der Waals surface area (Å²) in [5, 5.41) is 11.8. The summed E-state index contributed by atoms with van der Waals surface area (Å²) in [6.07, 6.45) is 13.3. The van der Waals surface area contributed by atoms with Crippen molar-refractivity contribution in [2.75, 3.05) is 13.2 Å². The molecular weight excluding hydrogens is 376 g/mol. The van der Waals surface area contributed by atoms with Crippen molar-refractivity contribution in [2.24, 2.45) is 28.6 Å². The first-order valence-corrected chi connectivity index (χ1v) is 11.7. The Morgan fingerprint density at radius 2 is 2.10 bits per heavy atom. The number of rotatable bonds is 6. The number of carbonyl (C=O) groups is 2. The van der Waals surface area contributed by atoms with E-state index in [1.165, 1.54) is 11.1 Å². The number of hydrogen-bond acceptors (Lipinski definition) is 4. The maximum atomic E-state index is 13.2. The SMILES string of the molecule is CCCCOCC(=O)[C@@]1(O)[C@H](C)CC2C3CCC4=CC(=O)C=C[C@]4(C)C3=CC[C@@]21C. The monoisotopic (exact) mass is 412 g/mol. The van der Waals surface area contributed by atoms with Crippen LogP contribution < -0.4 is 0 Å². The van der Waals surface area contributed by atoms with Crippen LogP contribution in [0.15, 0.2) is 35.5 Å². The second kappa shape index (κ2) is 7.56. The molecule has 30 heavy (non-hydrogen) atoms. The third-order valence-electron chi connectivity index (χ3n) is 8.83. The number of aliphatic hydroxyl groups is 1. The highest BCUT2D eigenvalue weighted by Crippen LogP contribution is 2.66. The van der Waals surface area contributed by atoms with Gasteiger partial charge in [-0.3, -0.25) is 9.59 Å². The Labute approximate surface area is 180 Å². The zero-order valence-electron chi connectivity index (χ0n) is 18.9. The molecule has 2 fully saturated rings. The Kier molecular flexibility index (Phi) is 5.47. The predicted octanol–water partition coefficient (Wildman–Crippen LogP) is 4.58. The molecule has 6 atom stereocenters. The molecule has 0 aliphatic heterocycles. The maximum Gasteiger partial charge on any atom is 0.190 e. The summed E-state index contributed by atoms with van der Waals surface area (Å²) in [6.45, 7) is 9.03. The Bertz CT molecular complexity index is 836. The molecule has 0 bridgehead atoms. The fourth-order valence-electron chi connectivity index (χ4n) is 6.98. The smallest absolute Gasteiger partial charge is 0.190 e. The summed E-state index contributed by atoms with van der Waals surface area (Å²) in [6, 6.07) is 0. The van der Waals surface area contributed by atoms with Crippen LogP contribution in [0, 0.1) is 28.6 Å². The van der Waals surface area contributed by atoms with Gasteiger partial charge in [-0.15, -0.1) is 0 Å². The van der Waals surface area contributed by atoms with E-state index < -0.39 is 11.0 Å². The number of fused-ring (bicyclic) bond motifs is 5. The number of ketones is 2. The van der Waals surface area contributed by atoms with Crippen LogP contribution >= 0.6 is 0 Å². The van der Waals surface area contributed by atoms with Gasteiger partial charge in [-0.05, 0) is 68.9 Å². The van der Waals surface area contributed by atoms with Crippen LogP contribution in [0.5, 0.6) is 0 Å². The molecule has 4 nitrogen and oxygen atoms in total. The van der Waals surface area contributed by atoms with Crippen LogP contribution in [0.1, 0.15) is 66.2 Å². The van der Waals surface area contributed by atoms with Gasteiger partial charge < -0.3 is 9.84 Å². The lowest BCUT2D eigenvalue weighted by Crippen LogP contribution is -2.57. The van der Waals surface area contributed by atoms with Gasteiger partial charge in [0.2, 0.25) is 0 Å².